The fraction of sp³-hybridized carbons (Fsp3) is 0.400. The number of aromatic nitrogens is 1. The van der Waals surface area contributed by atoms with Crippen molar-refractivity contribution in [2.24, 2.45) is 0 Å². The average molecular weight is 145 g/mol. The van der Waals surface area contributed by atoms with Gasteiger partial charge in [-0.25, -0.2) is 0 Å². The van der Waals surface area contributed by atoms with Gasteiger partial charge in [0.15, 0.2) is 0 Å². The molecule has 0 unspecified atom stereocenters. The fourth-order valence-corrected chi connectivity index (χ4v) is 1.30. The van der Waals surface area contributed by atoms with E-state index in [4.69, 9.17) is 5.11 Å². The Bertz CT molecular complexity index is 250. The number of rotatable bonds is 1. The quantitative estimate of drug-likeness (QED) is 0.630. The predicted octanol–water partition coefficient (Wildman–Crippen LogP) is 0.635. The first-order chi connectivity index (χ1) is 4.25. The maximum absolute atomic E-state index is 10.7. The summed E-state index contributed by atoms with van der Waals surface area (Å²) in [5.74, 6) is 0.0625. The second-order valence-electron chi connectivity index (χ2n) is 1.60. The molecule has 0 saturated heterocycles. The molecule has 50 valence electrons. The summed E-state index contributed by atoms with van der Waals surface area (Å²) in [4.78, 5) is 10.6. The van der Waals surface area contributed by atoms with Crippen LogP contribution in [0.15, 0.2) is 10.2 Å². The number of thiazole rings is 1. The number of aromatic hydroxyl groups is 1. The number of nitrogens with zero attached hydrogens (tertiary/aromatic N) is 1. The summed E-state index contributed by atoms with van der Waals surface area (Å²) in [6, 6.07) is 0. The highest BCUT2D eigenvalue weighted by molar-refractivity contribution is 7.07. The van der Waals surface area contributed by atoms with E-state index in [1.165, 1.54) is 9.95 Å². The van der Waals surface area contributed by atoms with Crippen LogP contribution in [0.25, 0.3) is 0 Å². The van der Waals surface area contributed by atoms with E-state index in [0.29, 0.717) is 6.54 Å². The second kappa shape index (κ2) is 2.23. The van der Waals surface area contributed by atoms with Crippen molar-refractivity contribution >= 4 is 11.3 Å². The zero-order valence-corrected chi connectivity index (χ0v) is 5.81. The highest BCUT2D eigenvalue weighted by Crippen LogP contribution is 2.07. The molecule has 0 bridgehead atoms. The summed E-state index contributed by atoms with van der Waals surface area (Å²) >= 11 is 1.01. The van der Waals surface area contributed by atoms with Gasteiger partial charge in [0.25, 0.3) is 0 Å². The van der Waals surface area contributed by atoms with E-state index in [1.54, 1.807) is 0 Å². The van der Waals surface area contributed by atoms with Gasteiger partial charge in [-0.15, -0.1) is 0 Å². The lowest BCUT2D eigenvalue weighted by Crippen LogP contribution is -2.09. The molecule has 1 aromatic heterocycles. The minimum absolute atomic E-state index is 0.0625. The largest absolute Gasteiger partial charge is 0.494 e. The standard InChI is InChI=1S/C5H7NO2S/c1-2-6-4(7)3-9-5(6)8/h3,7H,2H2,1H3. The highest BCUT2D eigenvalue weighted by atomic mass is 32.1. The second-order valence-corrected chi connectivity index (χ2v) is 2.42. The van der Waals surface area contributed by atoms with Crippen LogP contribution in [-0.4, -0.2) is 9.67 Å². The lowest BCUT2D eigenvalue weighted by molar-refractivity contribution is 0.418. The van der Waals surface area contributed by atoms with Crippen LogP contribution >= 0.6 is 11.3 Å². The normalized spacial score (nSPS) is 9.89. The van der Waals surface area contributed by atoms with Crippen molar-refractivity contribution < 1.29 is 5.11 Å². The van der Waals surface area contributed by atoms with Crippen LogP contribution in [0.1, 0.15) is 6.92 Å². The molecule has 0 aliphatic rings. The SMILES string of the molecule is CCn1c(O)csc1=O. The van der Waals surface area contributed by atoms with Crippen molar-refractivity contribution in [3.63, 3.8) is 0 Å². The Labute approximate surface area is 56.2 Å². The molecule has 0 aliphatic heterocycles. The van der Waals surface area contributed by atoms with E-state index in [0.717, 1.165) is 11.3 Å². The minimum atomic E-state index is -0.102. The zero-order valence-electron chi connectivity index (χ0n) is 5.00. The molecule has 0 spiro atoms. The van der Waals surface area contributed by atoms with E-state index in [9.17, 15) is 4.79 Å². The zero-order chi connectivity index (χ0) is 6.85. The van der Waals surface area contributed by atoms with Gasteiger partial charge < -0.3 is 5.11 Å². The minimum Gasteiger partial charge on any atom is -0.494 e. The summed E-state index contributed by atoms with van der Waals surface area (Å²) in [5.41, 5.74) is 0. The van der Waals surface area contributed by atoms with Crippen molar-refractivity contribution in [1.29, 1.82) is 0 Å². The summed E-state index contributed by atoms with van der Waals surface area (Å²) in [6.07, 6.45) is 0. The molecule has 0 radical (unpaired) electrons. The van der Waals surface area contributed by atoms with Gasteiger partial charge in [0.2, 0.25) is 5.88 Å². The van der Waals surface area contributed by atoms with Gasteiger partial charge in [0.05, 0.1) is 5.38 Å². The van der Waals surface area contributed by atoms with Gasteiger partial charge >= 0.3 is 4.87 Å². The maximum Gasteiger partial charge on any atom is 0.309 e. The molecule has 1 heterocycles. The van der Waals surface area contributed by atoms with E-state index in [2.05, 4.69) is 0 Å². The molecule has 1 N–H and O–H groups in total. The summed E-state index contributed by atoms with van der Waals surface area (Å²) < 4.78 is 1.31. The van der Waals surface area contributed by atoms with Gasteiger partial charge in [0.1, 0.15) is 0 Å². The molecule has 0 fully saturated rings. The first-order valence-corrected chi connectivity index (χ1v) is 3.51. The van der Waals surface area contributed by atoms with Crippen molar-refractivity contribution in [2.75, 3.05) is 0 Å². The number of hydrogen-bond donors (Lipinski definition) is 1. The Kier molecular flexibility index (Phi) is 1.57. The van der Waals surface area contributed by atoms with E-state index in [1.807, 2.05) is 6.92 Å². The molecule has 9 heavy (non-hydrogen) atoms. The first-order valence-electron chi connectivity index (χ1n) is 2.63. The van der Waals surface area contributed by atoms with Crippen LogP contribution in [0, 0.1) is 0 Å². The van der Waals surface area contributed by atoms with Crippen molar-refractivity contribution in [2.45, 2.75) is 13.5 Å². The predicted molar refractivity (Wildman–Crippen MR) is 35.9 cm³/mol. The third-order valence-electron chi connectivity index (χ3n) is 1.08. The van der Waals surface area contributed by atoms with E-state index >= 15 is 0 Å². The lowest BCUT2D eigenvalue weighted by Gasteiger charge is -1.93. The smallest absolute Gasteiger partial charge is 0.309 e. The molecule has 0 aliphatic carbocycles. The Morgan fingerprint density at radius 2 is 2.56 bits per heavy atom. The van der Waals surface area contributed by atoms with Crippen LogP contribution in [0.4, 0.5) is 0 Å². The third kappa shape index (κ3) is 0.977. The van der Waals surface area contributed by atoms with Crippen LogP contribution in [-0.2, 0) is 6.54 Å². The van der Waals surface area contributed by atoms with Gasteiger partial charge in [-0.2, -0.15) is 0 Å². The van der Waals surface area contributed by atoms with E-state index in [-0.39, 0.29) is 10.8 Å². The van der Waals surface area contributed by atoms with E-state index < -0.39 is 0 Å². The molecule has 0 saturated carbocycles. The van der Waals surface area contributed by atoms with Crippen LogP contribution in [0.3, 0.4) is 0 Å². The Hall–Kier alpha value is -0.770. The molecule has 1 rings (SSSR count). The van der Waals surface area contributed by atoms with Gasteiger partial charge in [-0.3, -0.25) is 9.36 Å². The Balaban J connectivity index is 3.23. The third-order valence-corrected chi connectivity index (χ3v) is 1.83. The van der Waals surface area contributed by atoms with Crippen LogP contribution in [0.5, 0.6) is 5.88 Å². The Morgan fingerprint density at radius 1 is 1.89 bits per heavy atom. The van der Waals surface area contributed by atoms with Gasteiger partial charge in [-0.1, -0.05) is 11.3 Å². The van der Waals surface area contributed by atoms with Crippen LogP contribution < -0.4 is 4.87 Å². The first kappa shape index (κ1) is 6.35. The molecule has 3 nitrogen and oxygen atoms in total. The molecule has 0 atom stereocenters. The molecule has 0 amide bonds. The molecular weight excluding hydrogens is 138 g/mol. The van der Waals surface area contributed by atoms with Gasteiger partial charge in [0, 0.05) is 6.54 Å². The summed E-state index contributed by atoms with van der Waals surface area (Å²) in [5, 5.41) is 10.3. The maximum atomic E-state index is 10.7. The molecule has 0 aromatic carbocycles. The van der Waals surface area contributed by atoms with Crippen molar-refractivity contribution in [3.8, 4) is 5.88 Å². The molecule has 4 heteroatoms. The number of hydrogen-bond acceptors (Lipinski definition) is 3. The Morgan fingerprint density at radius 3 is 2.78 bits per heavy atom. The van der Waals surface area contributed by atoms with Crippen LogP contribution in [0.2, 0.25) is 0 Å². The molecule has 1 aromatic rings. The van der Waals surface area contributed by atoms with Gasteiger partial charge in [-0.05, 0) is 6.92 Å². The summed E-state index contributed by atoms with van der Waals surface area (Å²) in [7, 11) is 0. The lowest BCUT2D eigenvalue weighted by atomic mass is 10.7. The topological polar surface area (TPSA) is 42.2 Å². The monoisotopic (exact) mass is 145 g/mol. The summed E-state index contributed by atoms with van der Waals surface area (Å²) in [6.45, 7) is 2.35. The van der Waals surface area contributed by atoms with Crippen molar-refractivity contribution in [1.82, 2.24) is 4.57 Å². The molecular formula is C5H7NO2S. The highest BCUT2D eigenvalue weighted by Gasteiger charge is 1.99. The fourth-order valence-electron chi connectivity index (χ4n) is 0.615. The van der Waals surface area contributed by atoms with Crippen molar-refractivity contribution in [3.05, 3.63) is 15.0 Å². The average Bonchev–Trinajstić information content (AvgIpc) is 2.12.